The highest BCUT2D eigenvalue weighted by Gasteiger charge is 2.27. The molecule has 6 heteroatoms. The molecule has 4 nitrogen and oxygen atoms in total. The van der Waals surface area contributed by atoms with Crippen LogP contribution < -0.4 is 5.32 Å². The Morgan fingerprint density at radius 1 is 1.03 bits per heavy atom. The van der Waals surface area contributed by atoms with Gasteiger partial charge in [0, 0.05) is 23.9 Å². The molecule has 2 amide bonds. The zero-order chi connectivity index (χ0) is 21.1. The number of carbonyl (C=O) groups is 2. The lowest BCUT2D eigenvalue weighted by Gasteiger charge is -2.30. The number of thioether (sulfide) groups is 1. The number of amides is 2. The third-order valence-electron chi connectivity index (χ3n) is 4.63. The minimum absolute atomic E-state index is 0.00185. The summed E-state index contributed by atoms with van der Waals surface area (Å²) in [5.74, 6) is 0.984. The van der Waals surface area contributed by atoms with Crippen LogP contribution in [-0.2, 0) is 21.8 Å². The lowest BCUT2D eigenvalue weighted by atomic mass is 10.1. The van der Waals surface area contributed by atoms with E-state index in [2.05, 4.69) is 5.32 Å². The molecular weight excluding hydrogens is 404 g/mol. The first-order chi connectivity index (χ1) is 14.0. The highest BCUT2D eigenvalue weighted by molar-refractivity contribution is 7.99. The summed E-state index contributed by atoms with van der Waals surface area (Å²) in [6.45, 7) is 4.92. The molecule has 0 aliphatic rings. The summed E-state index contributed by atoms with van der Waals surface area (Å²) in [4.78, 5) is 27.3. The molecule has 156 valence electrons. The summed E-state index contributed by atoms with van der Waals surface area (Å²) in [5.41, 5.74) is 2.28. The van der Waals surface area contributed by atoms with Crippen LogP contribution in [0.4, 0.5) is 0 Å². The van der Waals surface area contributed by atoms with Gasteiger partial charge in [0.2, 0.25) is 11.8 Å². The SMILES string of the molecule is CCNC(=O)C(CC)N(CCc1ccccc1)C(=O)CSCc1ccc(Cl)cc1. The number of halogens is 1. The van der Waals surface area contributed by atoms with E-state index in [-0.39, 0.29) is 11.8 Å². The first-order valence-electron chi connectivity index (χ1n) is 9.98. The average molecular weight is 433 g/mol. The summed E-state index contributed by atoms with van der Waals surface area (Å²) in [5, 5.41) is 3.57. The van der Waals surface area contributed by atoms with Gasteiger partial charge in [-0.1, -0.05) is 61.0 Å². The Hall–Kier alpha value is -1.98. The van der Waals surface area contributed by atoms with Gasteiger partial charge in [0.05, 0.1) is 5.75 Å². The summed E-state index contributed by atoms with van der Waals surface area (Å²) < 4.78 is 0. The van der Waals surface area contributed by atoms with Crippen LogP contribution in [-0.4, -0.2) is 41.6 Å². The predicted molar refractivity (Wildman–Crippen MR) is 122 cm³/mol. The first-order valence-corrected chi connectivity index (χ1v) is 11.5. The Kier molecular flexibility index (Phi) is 10.1. The molecule has 0 radical (unpaired) electrons. The Labute approximate surface area is 183 Å². The fourth-order valence-corrected chi connectivity index (χ4v) is 4.10. The standard InChI is InChI=1S/C23H29ClN2O2S/c1-3-21(23(28)25-4-2)26(15-14-18-8-6-5-7-9-18)22(27)17-29-16-19-10-12-20(24)13-11-19/h5-13,21H,3-4,14-17H2,1-2H3,(H,25,28). The monoisotopic (exact) mass is 432 g/mol. The van der Waals surface area contributed by atoms with Gasteiger partial charge in [-0.25, -0.2) is 0 Å². The summed E-state index contributed by atoms with van der Waals surface area (Å²) >= 11 is 7.48. The number of nitrogens with one attached hydrogen (secondary N) is 1. The van der Waals surface area contributed by atoms with Gasteiger partial charge in [-0.05, 0) is 43.0 Å². The van der Waals surface area contributed by atoms with Crippen molar-refractivity contribution in [1.82, 2.24) is 10.2 Å². The van der Waals surface area contributed by atoms with Crippen molar-refractivity contribution in [3.8, 4) is 0 Å². The molecule has 0 heterocycles. The second kappa shape index (κ2) is 12.6. The molecule has 2 aromatic carbocycles. The highest BCUT2D eigenvalue weighted by atomic mass is 35.5. The number of carbonyl (C=O) groups excluding carboxylic acids is 2. The summed E-state index contributed by atoms with van der Waals surface area (Å²) in [6, 6.07) is 17.3. The molecule has 1 N–H and O–H groups in total. The van der Waals surface area contributed by atoms with E-state index in [1.807, 2.05) is 68.4 Å². The maximum absolute atomic E-state index is 13.0. The summed E-state index contributed by atoms with van der Waals surface area (Å²) in [6.07, 6.45) is 1.32. The van der Waals surface area contributed by atoms with Crippen LogP contribution in [0.1, 0.15) is 31.4 Å². The zero-order valence-electron chi connectivity index (χ0n) is 17.1. The molecule has 29 heavy (non-hydrogen) atoms. The van der Waals surface area contributed by atoms with E-state index in [0.717, 1.165) is 23.3 Å². The molecule has 0 fully saturated rings. The van der Waals surface area contributed by atoms with Crippen molar-refractivity contribution in [2.45, 2.75) is 38.5 Å². The molecule has 1 atom stereocenters. The van der Waals surface area contributed by atoms with Gasteiger partial charge in [0.25, 0.3) is 0 Å². The topological polar surface area (TPSA) is 49.4 Å². The number of benzene rings is 2. The van der Waals surface area contributed by atoms with Crippen molar-refractivity contribution in [3.05, 3.63) is 70.7 Å². The maximum atomic E-state index is 13.0. The fourth-order valence-electron chi connectivity index (χ4n) is 3.11. The Balaban J connectivity index is 2.02. The van der Waals surface area contributed by atoms with Crippen molar-refractivity contribution in [2.24, 2.45) is 0 Å². The van der Waals surface area contributed by atoms with Gasteiger partial charge in [-0.3, -0.25) is 9.59 Å². The van der Waals surface area contributed by atoms with E-state index in [1.165, 1.54) is 0 Å². The lowest BCUT2D eigenvalue weighted by Crippen LogP contribution is -2.50. The van der Waals surface area contributed by atoms with E-state index in [9.17, 15) is 9.59 Å². The molecule has 0 saturated carbocycles. The smallest absolute Gasteiger partial charge is 0.242 e. The van der Waals surface area contributed by atoms with Crippen molar-refractivity contribution >= 4 is 35.2 Å². The Bertz CT molecular complexity index is 768. The zero-order valence-corrected chi connectivity index (χ0v) is 18.6. The van der Waals surface area contributed by atoms with Crippen LogP contribution in [0.25, 0.3) is 0 Å². The quantitative estimate of drug-likeness (QED) is 0.566. The second-order valence-corrected chi connectivity index (χ2v) is 8.18. The average Bonchev–Trinajstić information content (AvgIpc) is 2.73. The van der Waals surface area contributed by atoms with Crippen LogP contribution in [0.3, 0.4) is 0 Å². The molecule has 2 rings (SSSR count). The van der Waals surface area contributed by atoms with E-state index >= 15 is 0 Å². The molecule has 0 aromatic heterocycles. The number of rotatable bonds is 11. The van der Waals surface area contributed by atoms with E-state index in [4.69, 9.17) is 11.6 Å². The van der Waals surface area contributed by atoms with Gasteiger partial charge in [0.15, 0.2) is 0 Å². The Morgan fingerprint density at radius 2 is 1.72 bits per heavy atom. The maximum Gasteiger partial charge on any atom is 0.242 e. The van der Waals surface area contributed by atoms with Gasteiger partial charge >= 0.3 is 0 Å². The van der Waals surface area contributed by atoms with Crippen molar-refractivity contribution in [3.63, 3.8) is 0 Å². The van der Waals surface area contributed by atoms with Crippen molar-refractivity contribution < 1.29 is 9.59 Å². The van der Waals surface area contributed by atoms with E-state index in [1.54, 1.807) is 16.7 Å². The van der Waals surface area contributed by atoms with Crippen LogP contribution in [0, 0.1) is 0 Å². The van der Waals surface area contributed by atoms with Gasteiger partial charge in [-0.15, -0.1) is 11.8 Å². The third-order valence-corrected chi connectivity index (χ3v) is 5.87. The second-order valence-electron chi connectivity index (χ2n) is 6.76. The van der Waals surface area contributed by atoms with E-state index < -0.39 is 6.04 Å². The number of hydrogen-bond donors (Lipinski definition) is 1. The summed E-state index contributed by atoms with van der Waals surface area (Å²) in [7, 11) is 0. The molecular formula is C23H29ClN2O2S. The van der Waals surface area contributed by atoms with Crippen LogP contribution in [0.15, 0.2) is 54.6 Å². The Morgan fingerprint density at radius 3 is 2.34 bits per heavy atom. The van der Waals surface area contributed by atoms with Crippen LogP contribution in [0.5, 0.6) is 0 Å². The van der Waals surface area contributed by atoms with Gasteiger partial charge in [-0.2, -0.15) is 0 Å². The molecule has 0 aliphatic heterocycles. The van der Waals surface area contributed by atoms with Gasteiger partial charge in [0.1, 0.15) is 6.04 Å². The molecule has 0 aliphatic carbocycles. The van der Waals surface area contributed by atoms with E-state index in [0.29, 0.717) is 30.3 Å². The first kappa shape index (κ1) is 23.3. The van der Waals surface area contributed by atoms with Crippen LogP contribution in [0.2, 0.25) is 5.02 Å². The predicted octanol–water partition coefficient (Wildman–Crippen LogP) is 4.56. The number of nitrogens with zero attached hydrogens (tertiary/aromatic N) is 1. The van der Waals surface area contributed by atoms with Crippen LogP contribution >= 0.6 is 23.4 Å². The highest BCUT2D eigenvalue weighted by Crippen LogP contribution is 2.17. The molecule has 0 spiro atoms. The minimum atomic E-state index is -0.442. The lowest BCUT2D eigenvalue weighted by molar-refractivity contribution is -0.138. The molecule has 0 bridgehead atoms. The normalized spacial score (nSPS) is 11.7. The molecule has 0 saturated heterocycles. The molecule has 1 unspecified atom stereocenters. The number of likely N-dealkylation sites (N-methyl/N-ethyl adjacent to an activating group) is 1. The minimum Gasteiger partial charge on any atom is -0.355 e. The van der Waals surface area contributed by atoms with Crippen molar-refractivity contribution in [1.29, 1.82) is 0 Å². The fraction of sp³-hybridized carbons (Fsp3) is 0.391. The number of hydrogen-bond acceptors (Lipinski definition) is 3. The largest absolute Gasteiger partial charge is 0.355 e. The molecule has 2 aromatic rings. The van der Waals surface area contributed by atoms with Gasteiger partial charge < -0.3 is 10.2 Å². The third kappa shape index (κ3) is 7.75. The van der Waals surface area contributed by atoms with Crippen molar-refractivity contribution in [2.75, 3.05) is 18.8 Å².